The van der Waals surface area contributed by atoms with Crippen LogP contribution in [0.15, 0.2) is 12.1 Å². The molecule has 0 saturated carbocycles. The number of hydrogen-bond acceptors (Lipinski definition) is 5. The van der Waals surface area contributed by atoms with Gasteiger partial charge in [0, 0.05) is 6.42 Å². The molecule has 27 heavy (non-hydrogen) atoms. The van der Waals surface area contributed by atoms with Crippen molar-refractivity contribution in [2.24, 2.45) is 0 Å². The molecule has 0 spiro atoms. The van der Waals surface area contributed by atoms with Crippen LogP contribution in [-0.4, -0.2) is 39.2 Å². The highest BCUT2D eigenvalue weighted by Gasteiger charge is 2.31. The summed E-state index contributed by atoms with van der Waals surface area (Å²) < 4.78 is 21.4. The smallest absolute Gasteiger partial charge is 0.291 e. The number of nitrogens with zero attached hydrogens (tertiary/aromatic N) is 3. The van der Waals surface area contributed by atoms with E-state index in [1.54, 1.807) is 17.7 Å². The summed E-state index contributed by atoms with van der Waals surface area (Å²) in [6.45, 7) is 3.68. The number of ether oxygens (including phenoxy) is 1. The van der Waals surface area contributed by atoms with Crippen molar-refractivity contribution in [3.05, 3.63) is 35.2 Å². The van der Waals surface area contributed by atoms with Crippen LogP contribution in [0.4, 0.5) is 10.1 Å². The molecule has 0 bridgehead atoms. The van der Waals surface area contributed by atoms with Crippen molar-refractivity contribution in [2.75, 3.05) is 11.9 Å². The van der Waals surface area contributed by atoms with Gasteiger partial charge in [0.1, 0.15) is 29.9 Å². The number of hydrogen-bond donors (Lipinski definition) is 2. The minimum Gasteiger partial charge on any atom is -0.489 e. The third-order valence-electron chi connectivity index (χ3n) is 4.90. The van der Waals surface area contributed by atoms with Crippen LogP contribution in [0.3, 0.4) is 0 Å². The molecule has 1 unspecified atom stereocenters. The van der Waals surface area contributed by atoms with Crippen LogP contribution in [0.25, 0.3) is 0 Å². The van der Waals surface area contributed by atoms with E-state index in [1.165, 1.54) is 6.07 Å². The lowest BCUT2D eigenvalue weighted by Gasteiger charge is -2.13. The Labute approximate surface area is 155 Å². The van der Waals surface area contributed by atoms with E-state index >= 15 is 0 Å². The highest BCUT2D eigenvalue weighted by molar-refractivity contribution is 6.01. The number of rotatable bonds is 3. The first-order valence-corrected chi connectivity index (χ1v) is 8.96. The first kappa shape index (κ1) is 17.4. The van der Waals surface area contributed by atoms with Gasteiger partial charge in [-0.15, -0.1) is 5.10 Å². The number of nitrogens with one attached hydrogen (secondary N) is 2. The second kappa shape index (κ2) is 6.64. The number of aromatic nitrogens is 3. The molecule has 8 nitrogen and oxygen atoms in total. The summed E-state index contributed by atoms with van der Waals surface area (Å²) in [5.74, 6) is -0.648. The minimum absolute atomic E-state index is 0.0211. The Kier molecular flexibility index (Phi) is 4.29. The maximum atomic E-state index is 14.1. The van der Waals surface area contributed by atoms with Crippen molar-refractivity contribution in [2.45, 2.75) is 45.2 Å². The van der Waals surface area contributed by atoms with E-state index in [0.29, 0.717) is 5.56 Å². The van der Waals surface area contributed by atoms with Crippen molar-refractivity contribution >= 4 is 17.5 Å². The van der Waals surface area contributed by atoms with Gasteiger partial charge in [0.05, 0.1) is 6.04 Å². The van der Waals surface area contributed by atoms with E-state index in [2.05, 4.69) is 27.6 Å². The topological polar surface area (TPSA) is 98.1 Å². The average molecular weight is 373 g/mol. The maximum Gasteiger partial charge on any atom is 0.291 e. The second-order valence-corrected chi connectivity index (χ2v) is 6.84. The number of fused-ring (bicyclic) bond motifs is 2. The second-order valence-electron chi connectivity index (χ2n) is 6.84. The van der Waals surface area contributed by atoms with E-state index < -0.39 is 23.7 Å². The van der Waals surface area contributed by atoms with Crippen LogP contribution in [0.1, 0.15) is 47.8 Å². The molecular weight excluding hydrogens is 353 g/mol. The summed E-state index contributed by atoms with van der Waals surface area (Å²) in [4.78, 5) is 29.2. The number of benzene rings is 1. The molecule has 2 atom stereocenters. The monoisotopic (exact) mass is 373 g/mol. The van der Waals surface area contributed by atoms with Gasteiger partial charge in [-0.05, 0) is 37.5 Å². The zero-order valence-corrected chi connectivity index (χ0v) is 15.1. The molecule has 0 radical (unpaired) electrons. The number of carbonyl (C=O) groups excluding carboxylic acids is 2. The van der Waals surface area contributed by atoms with Crippen LogP contribution >= 0.6 is 0 Å². The van der Waals surface area contributed by atoms with Gasteiger partial charge >= 0.3 is 0 Å². The molecule has 0 aliphatic carbocycles. The summed E-state index contributed by atoms with van der Waals surface area (Å²) in [5.41, 5.74) is 0.650. The summed E-state index contributed by atoms with van der Waals surface area (Å²) in [7, 11) is 0. The highest BCUT2D eigenvalue weighted by Crippen LogP contribution is 2.31. The van der Waals surface area contributed by atoms with Gasteiger partial charge < -0.3 is 15.4 Å². The zero-order valence-electron chi connectivity index (χ0n) is 15.1. The van der Waals surface area contributed by atoms with E-state index in [9.17, 15) is 14.0 Å². The Balaban J connectivity index is 1.50. The van der Waals surface area contributed by atoms with E-state index in [-0.39, 0.29) is 29.9 Å². The van der Waals surface area contributed by atoms with Crippen LogP contribution in [0.5, 0.6) is 5.75 Å². The molecule has 2 amide bonds. The third kappa shape index (κ3) is 3.13. The van der Waals surface area contributed by atoms with Crippen molar-refractivity contribution in [3.63, 3.8) is 0 Å². The van der Waals surface area contributed by atoms with Crippen LogP contribution in [0, 0.1) is 12.7 Å². The molecule has 142 valence electrons. The van der Waals surface area contributed by atoms with Gasteiger partial charge in [0.15, 0.2) is 5.82 Å². The lowest BCUT2D eigenvalue weighted by atomic mass is 10.2. The Hall–Kier alpha value is -2.97. The first-order chi connectivity index (χ1) is 13.0. The first-order valence-electron chi connectivity index (χ1n) is 8.96. The fourth-order valence-electron chi connectivity index (χ4n) is 3.44. The van der Waals surface area contributed by atoms with Crippen molar-refractivity contribution < 1.29 is 18.7 Å². The SMILES string of the molecule is CCC1CCc2nc(C(=O)N[C@H]3COc4cc(C)cc(F)c4NC3=O)nn21. The minimum atomic E-state index is -0.982. The van der Waals surface area contributed by atoms with Crippen LogP contribution in [-0.2, 0) is 11.2 Å². The van der Waals surface area contributed by atoms with Gasteiger partial charge in [0.25, 0.3) is 11.8 Å². The Morgan fingerprint density at radius 2 is 2.30 bits per heavy atom. The number of halogens is 1. The van der Waals surface area contributed by atoms with Crippen LogP contribution in [0.2, 0.25) is 0 Å². The number of amides is 2. The zero-order chi connectivity index (χ0) is 19.1. The van der Waals surface area contributed by atoms with Gasteiger partial charge in [-0.3, -0.25) is 9.59 Å². The van der Waals surface area contributed by atoms with E-state index in [1.807, 2.05) is 0 Å². The Morgan fingerprint density at radius 1 is 1.48 bits per heavy atom. The van der Waals surface area contributed by atoms with Gasteiger partial charge in [-0.1, -0.05) is 6.92 Å². The summed E-state index contributed by atoms with van der Waals surface area (Å²) in [6.07, 6.45) is 2.66. The van der Waals surface area contributed by atoms with Gasteiger partial charge in [0.2, 0.25) is 5.82 Å². The molecule has 1 aromatic heterocycles. The van der Waals surface area contributed by atoms with Crippen LogP contribution < -0.4 is 15.4 Å². The standard InChI is InChI=1S/C18H20FN5O3/c1-3-10-4-5-14-21-16(23-24(10)14)18(26)20-12-8-27-13-7-9(2)6-11(19)15(13)22-17(12)25/h6-7,10,12H,3-5,8H2,1-2H3,(H,20,26)(H,22,25)/t10?,12-/m0/s1. The predicted octanol–water partition coefficient (Wildman–Crippen LogP) is 1.75. The molecule has 0 fully saturated rings. The summed E-state index contributed by atoms with van der Waals surface area (Å²) in [5, 5.41) is 9.34. The molecule has 0 saturated heterocycles. The largest absolute Gasteiger partial charge is 0.489 e. The van der Waals surface area contributed by atoms with E-state index in [4.69, 9.17) is 4.74 Å². The fraction of sp³-hybridized carbons (Fsp3) is 0.444. The molecular formula is C18H20FN5O3. The molecule has 4 rings (SSSR count). The fourth-order valence-corrected chi connectivity index (χ4v) is 3.44. The lowest BCUT2D eigenvalue weighted by molar-refractivity contribution is -0.118. The third-order valence-corrected chi connectivity index (χ3v) is 4.90. The van der Waals surface area contributed by atoms with Crippen molar-refractivity contribution in [1.82, 2.24) is 20.1 Å². The van der Waals surface area contributed by atoms with Gasteiger partial charge in [-0.2, -0.15) is 0 Å². The van der Waals surface area contributed by atoms with E-state index in [0.717, 1.165) is 25.1 Å². The lowest BCUT2D eigenvalue weighted by Crippen LogP contribution is -2.46. The quantitative estimate of drug-likeness (QED) is 0.854. The average Bonchev–Trinajstić information content (AvgIpc) is 3.16. The summed E-state index contributed by atoms with van der Waals surface area (Å²) in [6, 6.07) is 2.21. The molecule has 3 heterocycles. The van der Waals surface area contributed by atoms with Gasteiger partial charge in [-0.25, -0.2) is 14.1 Å². The Morgan fingerprint density at radius 3 is 3.07 bits per heavy atom. The normalized spacial score (nSPS) is 20.9. The summed E-state index contributed by atoms with van der Waals surface area (Å²) >= 11 is 0. The predicted molar refractivity (Wildman–Crippen MR) is 94.2 cm³/mol. The number of anilines is 1. The Bertz CT molecular complexity index is 926. The molecule has 2 aromatic rings. The number of aryl methyl sites for hydroxylation is 2. The highest BCUT2D eigenvalue weighted by atomic mass is 19.1. The van der Waals surface area contributed by atoms with Crippen molar-refractivity contribution in [3.8, 4) is 5.75 Å². The molecule has 2 aliphatic heterocycles. The number of carbonyl (C=O) groups is 2. The maximum absolute atomic E-state index is 14.1. The molecule has 2 aliphatic rings. The molecule has 2 N–H and O–H groups in total. The van der Waals surface area contributed by atoms with Crippen molar-refractivity contribution in [1.29, 1.82) is 0 Å². The molecule has 1 aromatic carbocycles. The molecule has 9 heteroatoms.